The molecule has 7 nitrogen and oxygen atoms in total. The zero-order valence-corrected chi connectivity index (χ0v) is 14.4. The van der Waals surface area contributed by atoms with E-state index in [1.165, 1.54) is 0 Å². The van der Waals surface area contributed by atoms with Crippen LogP contribution in [0.1, 0.15) is 12.8 Å². The minimum absolute atomic E-state index is 0.131. The lowest BCUT2D eigenvalue weighted by Crippen LogP contribution is -2.52. The highest BCUT2D eigenvalue weighted by atomic mass is 16.2. The lowest BCUT2D eigenvalue weighted by molar-refractivity contribution is -0.144. The average Bonchev–Trinajstić information content (AvgIpc) is 3.50. The van der Waals surface area contributed by atoms with E-state index in [0.29, 0.717) is 50.2 Å². The van der Waals surface area contributed by atoms with Crippen LogP contribution in [-0.4, -0.2) is 59.2 Å². The van der Waals surface area contributed by atoms with Crippen molar-refractivity contribution in [2.75, 3.05) is 31.5 Å². The van der Waals surface area contributed by atoms with E-state index in [9.17, 15) is 14.4 Å². The summed E-state index contributed by atoms with van der Waals surface area (Å²) in [7, 11) is 0. The molecular weight excluding hydrogens is 332 g/mol. The molecule has 0 unspecified atom stereocenters. The third kappa shape index (κ3) is 2.79. The van der Waals surface area contributed by atoms with E-state index in [4.69, 9.17) is 0 Å². The third-order valence-electron chi connectivity index (χ3n) is 5.23. The SMILES string of the molecule is O=CN1CCN(C(=O)C2(C(=O)Nc3cccc4cccnc34)CC2)CC1. The molecule has 3 amide bonds. The topological polar surface area (TPSA) is 82.6 Å². The Morgan fingerprint density at radius 3 is 2.50 bits per heavy atom. The summed E-state index contributed by atoms with van der Waals surface area (Å²) in [4.78, 5) is 44.3. The average molecular weight is 352 g/mol. The first kappa shape index (κ1) is 16.5. The predicted octanol–water partition coefficient (Wildman–Crippen LogP) is 1.25. The van der Waals surface area contributed by atoms with Crippen LogP contribution in [0.2, 0.25) is 0 Å². The van der Waals surface area contributed by atoms with Crippen molar-refractivity contribution in [3.05, 3.63) is 36.5 Å². The van der Waals surface area contributed by atoms with Crippen molar-refractivity contribution in [1.82, 2.24) is 14.8 Å². The van der Waals surface area contributed by atoms with E-state index >= 15 is 0 Å². The summed E-state index contributed by atoms with van der Waals surface area (Å²) in [5.41, 5.74) is 0.365. The van der Waals surface area contributed by atoms with Crippen LogP contribution in [0.5, 0.6) is 0 Å². The van der Waals surface area contributed by atoms with Crippen molar-refractivity contribution in [2.24, 2.45) is 5.41 Å². The lowest BCUT2D eigenvalue weighted by atomic mass is 10.0. The van der Waals surface area contributed by atoms with Crippen molar-refractivity contribution >= 4 is 34.8 Å². The number of hydrogen-bond donors (Lipinski definition) is 1. The van der Waals surface area contributed by atoms with Crippen molar-refractivity contribution in [3.8, 4) is 0 Å². The van der Waals surface area contributed by atoms with E-state index < -0.39 is 5.41 Å². The van der Waals surface area contributed by atoms with Gasteiger partial charge in [0.2, 0.25) is 18.2 Å². The Balaban J connectivity index is 1.50. The molecule has 0 bridgehead atoms. The fourth-order valence-electron chi connectivity index (χ4n) is 3.44. The molecule has 2 fully saturated rings. The van der Waals surface area contributed by atoms with Crippen LogP contribution in [0.25, 0.3) is 10.9 Å². The second-order valence-corrected chi connectivity index (χ2v) is 6.85. The first-order chi connectivity index (χ1) is 12.6. The highest BCUT2D eigenvalue weighted by molar-refractivity contribution is 6.14. The number of pyridine rings is 1. The summed E-state index contributed by atoms with van der Waals surface area (Å²) in [5.74, 6) is -0.396. The molecule has 1 aromatic heterocycles. The van der Waals surface area contributed by atoms with Crippen LogP contribution in [-0.2, 0) is 14.4 Å². The summed E-state index contributed by atoms with van der Waals surface area (Å²) in [6.45, 7) is 1.98. The number of amides is 3. The molecule has 1 aromatic carbocycles. The van der Waals surface area contributed by atoms with Gasteiger partial charge in [0.25, 0.3) is 0 Å². The smallest absolute Gasteiger partial charge is 0.240 e. The number of piperazine rings is 1. The Morgan fingerprint density at radius 2 is 1.81 bits per heavy atom. The summed E-state index contributed by atoms with van der Waals surface area (Å²) in [6, 6.07) is 9.38. The molecule has 1 aliphatic heterocycles. The van der Waals surface area contributed by atoms with E-state index in [2.05, 4.69) is 10.3 Å². The van der Waals surface area contributed by atoms with Gasteiger partial charge < -0.3 is 15.1 Å². The molecule has 0 radical (unpaired) electrons. The molecule has 4 rings (SSSR count). The van der Waals surface area contributed by atoms with E-state index in [1.807, 2.05) is 24.3 Å². The molecule has 0 spiro atoms. The zero-order valence-electron chi connectivity index (χ0n) is 14.4. The van der Waals surface area contributed by atoms with Gasteiger partial charge in [-0.15, -0.1) is 0 Å². The number of benzene rings is 1. The van der Waals surface area contributed by atoms with Gasteiger partial charge in [0.15, 0.2) is 0 Å². The predicted molar refractivity (Wildman–Crippen MR) is 96.3 cm³/mol. The minimum atomic E-state index is -0.972. The molecule has 1 saturated carbocycles. The maximum atomic E-state index is 12.9. The molecule has 2 heterocycles. The van der Waals surface area contributed by atoms with Crippen LogP contribution in [0.4, 0.5) is 5.69 Å². The Bertz CT molecular complexity index is 865. The summed E-state index contributed by atoms with van der Waals surface area (Å²) >= 11 is 0. The van der Waals surface area contributed by atoms with E-state index in [0.717, 1.165) is 11.8 Å². The standard InChI is InChI=1S/C19H20N4O3/c24-13-22-9-11-23(12-10-22)18(26)19(6-7-19)17(25)21-15-5-1-3-14-4-2-8-20-16(14)15/h1-5,8,13H,6-7,9-12H2,(H,21,25). The Labute approximate surface area is 151 Å². The quantitative estimate of drug-likeness (QED) is 0.663. The number of carbonyl (C=O) groups excluding carboxylic acids is 3. The van der Waals surface area contributed by atoms with Crippen molar-refractivity contribution in [2.45, 2.75) is 12.8 Å². The van der Waals surface area contributed by atoms with Crippen LogP contribution < -0.4 is 5.32 Å². The van der Waals surface area contributed by atoms with Crippen LogP contribution >= 0.6 is 0 Å². The number of para-hydroxylation sites is 1. The molecule has 1 saturated heterocycles. The maximum Gasteiger partial charge on any atom is 0.240 e. The van der Waals surface area contributed by atoms with Crippen molar-refractivity contribution in [1.29, 1.82) is 0 Å². The fourth-order valence-corrected chi connectivity index (χ4v) is 3.44. The number of hydrogen-bond acceptors (Lipinski definition) is 4. The van der Waals surface area contributed by atoms with E-state index in [-0.39, 0.29) is 11.8 Å². The van der Waals surface area contributed by atoms with Gasteiger partial charge in [0, 0.05) is 37.8 Å². The summed E-state index contributed by atoms with van der Waals surface area (Å²) in [5, 5.41) is 3.85. The highest BCUT2D eigenvalue weighted by Gasteiger charge is 2.58. The van der Waals surface area contributed by atoms with Gasteiger partial charge in [0.1, 0.15) is 5.41 Å². The highest BCUT2D eigenvalue weighted by Crippen LogP contribution is 2.48. The van der Waals surface area contributed by atoms with Gasteiger partial charge in [0.05, 0.1) is 11.2 Å². The largest absolute Gasteiger partial charge is 0.342 e. The monoisotopic (exact) mass is 352 g/mol. The summed E-state index contributed by atoms with van der Waals surface area (Å²) in [6.07, 6.45) is 3.60. The van der Waals surface area contributed by atoms with Gasteiger partial charge in [-0.1, -0.05) is 18.2 Å². The number of fused-ring (bicyclic) bond motifs is 1. The Morgan fingerprint density at radius 1 is 1.08 bits per heavy atom. The molecule has 134 valence electrons. The zero-order chi connectivity index (χ0) is 18.1. The number of aromatic nitrogens is 1. The molecule has 1 aliphatic carbocycles. The molecule has 0 atom stereocenters. The van der Waals surface area contributed by atoms with Gasteiger partial charge in [-0.25, -0.2) is 0 Å². The van der Waals surface area contributed by atoms with E-state index in [1.54, 1.807) is 22.1 Å². The summed E-state index contributed by atoms with van der Waals surface area (Å²) < 4.78 is 0. The van der Waals surface area contributed by atoms with Crippen LogP contribution in [0.15, 0.2) is 36.5 Å². The Hall–Kier alpha value is -2.96. The number of anilines is 1. The first-order valence-corrected chi connectivity index (χ1v) is 8.78. The van der Waals surface area contributed by atoms with Gasteiger partial charge in [-0.05, 0) is 25.0 Å². The number of rotatable bonds is 4. The van der Waals surface area contributed by atoms with Crippen molar-refractivity contribution in [3.63, 3.8) is 0 Å². The minimum Gasteiger partial charge on any atom is -0.342 e. The second kappa shape index (κ2) is 6.40. The number of nitrogens with zero attached hydrogens (tertiary/aromatic N) is 3. The lowest BCUT2D eigenvalue weighted by Gasteiger charge is -2.34. The van der Waals surface area contributed by atoms with Gasteiger partial charge in [-0.2, -0.15) is 0 Å². The number of carbonyl (C=O) groups is 3. The van der Waals surface area contributed by atoms with Crippen LogP contribution in [0, 0.1) is 5.41 Å². The second-order valence-electron chi connectivity index (χ2n) is 6.85. The van der Waals surface area contributed by atoms with Crippen LogP contribution in [0.3, 0.4) is 0 Å². The molecular formula is C19H20N4O3. The molecule has 7 heteroatoms. The Kier molecular flexibility index (Phi) is 4.06. The van der Waals surface area contributed by atoms with Gasteiger partial charge in [-0.3, -0.25) is 19.4 Å². The fraction of sp³-hybridized carbons (Fsp3) is 0.368. The molecule has 1 N–H and O–H groups in total. The maximum absolute atomic E-state index is 12.9. The first-order valence-electron chi connectivity index (χ1n) is 8.78. The third-order valence-corrected chi connectivity index (χ3v) is 5.23. The molecule has 2 aromatic rings. The molecule has 26 heavy (non-hydrogen) atoms. The van der Waals surface area contributed by atoms with Crippen molar-refractivity contribution < 1.29 is 14.4 Å². The normalized spacial score (nSPS) is 18.5. The number of nitrogens with one attached hydrogen (secondary N) is 1. The molecule has 2 aliphatic rings. The van der Waals surface area contributed by atoms with Gasteiger partial charge >= 0.3 is 0 Å².